The minimum absolute atomic E-state index is 0.0978. The quantitative estimate of drug-likeness (QED) is 0.577. The van der Waals surface area contributed by atoms with Crippen LogP contribution in [-0.4, -0.2) is 42.3 Å². The van der Waals surface area contributed by atoms with Crippen molar-refractivity contribution in [1.29, 1.82) is 0 Å². The lowest BCUT2D eigenvalue weighted by Gasteiger charge is -2.70. The molecule has 7 rings (SSSR count). The molecular weight excluding hydrogens is 457 g/mol. The van der Waals surface area contributed by atoms with E-state index in [4.69, 9.17) is 0 Å². The second-order valence-electron chi connectivity index (χ2n) is 11.6. The number of anilines is 1. The lowest BCUT2D eigenvalue weighted by atomic mass is 9.33. The van der Waals surface area contributed by atoms with Crippen molar-refractivity contribution >= 4 is 23.4 Å². The van der Waals surface area contributed by atoms with Crippen molar-refractivity contribution in [3.8, 4) is 0 Å². The van der Waals surface area contributed by atoms with E-state index in [0.717, 1.165) is 45.1 Å². The first-order chi connectivity index (χ1) is 17.3. The van der Waals surface area contributed by atoms with Crippen LogP contribution < -0.4 is 10.6 Å². The Morgan fingerprint density at radius 1 is 0.972 bits per heavy atom. The molecule has 36 heavy (non-hydrogen) atoms. The van der Waals surface area contributed by atoms with Gasteiger partial charge in [0.2, 0.25) is 17.7 Å². The second-order valence-corrected chi connectivity index (χ2v) is 11.6. The van der Waals surface area contributed by atoms with E-state index in [2.05, 4.69) is 39.8 Å². The Hall–Kier alpha value is -3.22. The SMILES string of the molecule is O=C(CC(=O)Nc1ccc(F)cc1)NC[C@]12CCC[C@H]1CN(C(=O)C13CC(c4ccccc4)(C1)C3)C2. The summed E-state index contributed by atoms with van der Waals surface area (Å²) >= 11 is 0. The highest BCUT2D eigenvalue weighted by Crippen LogP contribution is 2.74. The van der Waals surface area contributed by atoms with Gasteiger partial charge in [-0.2, -0.15) is 0 Å². The van der Waals surface area contributed by atoms with Gasteiger partial charge in [-0.3, -0.25) is 14.4 Å². The Kier molecular flexibility index (Phi) is 5.43. The van der Waals surface area contributed by atoms with Gasteiger partial charge in [0.1, 0.15) is 12.2 Å². The Morgan fingerprint density at radius 2 is 1.69 bits per heavy atom. The standard InChI is InChI=1S/C29H32FN3O3/c30-22-8-10-23(11-9-22)32-25(35)13-24(34)31-18-27-12-4-7-21(27)14-33(19-27)26(36)29-15-28(16-29,17-29)20-5-2-1-3-6-20/h1-3,5-6,8-11,21H,4,7,12-19H2,(H,31,34)(H,32,35)/t21-,27-,28?,29?/m0/s1. The minimum Gasteiger partial charge on any atom is -0.355 e. The van der Waals surface area contributed by atoms with Crippen molar-refractivity contribution in [1.82, 2.24) is 10.2 Å². The van der Waals surface area contributed by atoms with Gasteiger partial charge in [0.25, 0.3) is 0 Å². The molecule has 0 unspecified atom stereocenters. The van der Waals surface area contributed by atoms with E-state index in [-0.39, 0.29) is 34.4 Å². The number of carbonyl (C=O) groups excluding carboxylic acids is 3. The topological polar surface area (TPSA) is 78.5 Å². The van der Waals surface area contributed by atoms with Crippen LogP contribution in [0.25, 0.3) is 0 Å². The van der Waals surface area contributed by atoms with Gasteiger partial charge >= 0.3 is 0 Å². The molecule has 1 saturated heterocycles. The average Bonchev–Trinajstić information content (AvgIpc) is 3.36. The van der Waals surface area contributed by atoms with Gasteiger partial charge in [0, 0.05) is 30.7 Å². The van der Waals surface area contributed by atoms with Crippen molar-refractivity contribution < 1.29 is 18.8 Å². The molecule has 2 N–H and O–H groups in total. The van der Waals surface area contributed by atoms with Crippen LogP contribution in [0.5, 0.6) is 0 Å². The molecular formula is C29H32FN3O3. The molecule has 7 heteroatoms. The number of nitrogens with one attached hydrogen (secondary N) is 2. The number of halogens is 1. The molecule has 188 valence electrons. The number of hydrogen-bond acceptors (Lipinski definition) is 3. The van der Waals surface area contributed by atoms with Gasteiger partial charge in [-0.1, -0.05) is 36.8 Å². The Morgan fingerprint density at radius 3 is 2.42 bits per heavy atom. The van der Waals surface area contributed by atoms with Crippen molar-refractivity contribution in [2.24, 2.45) is 16.7 Å². The van der Waals surface area contributed by atoms with Gasteiger partial charge < -0.3 is 15.5 Å². The maximum atomic E-state index is 13.6. The average molecular weight is 490 g/mol. The molecule has 2 aromatic rings. The largest absolute Gasteiger partial charge is 0.355 e. The van der Waals surface area contributed by atoms with E-state index < -0.39 is 5.91 Å². The highest BCUT2D eigenvalue weighted by atomic mass is 19.1. The summed E-state index contributed by atoms with van der Waals surface area (Å²) < 4.78 is 13.0. The summed E-state index contributed by atoms with van der Waals surface area (Å²) in [4.78, 5) is 40.4. The van der Waals surface area contributed by atoms with Crippen molar-refractivity contribution in [3.63, 3.8) is 0 Å². The van der Waals surface area contributed by atoms with E-state index in [9.17, 15) is 18.8 Å². The number of benzene rings is 2. The van der Waals surface area contributed by atoms with Crippen molar-refractivity contribution in [2.75, 3.05) is 25.0 Å². The first-order valence-electron chi connectivity index (χ1n) is 13.0. The molecule has 5 fully saturated rings. The molecule has 4 aliphatic carbocycles. The molecule has 5 aliphatic rings. The van der Waals surface area contributed by atoms with Crippen LogP contribution in [0.4, 0.5) is 10.1 Å². The fourth-order valence-electron chi connectivity index (χ4n) is 7.53. The molecule has 0 aromatic heterocycles. The number of fused-ring (bicyclic) bond motifs is 1. The predicted molar refractivity (Wildman–Crippen MR) is 133 cm³/mol. The third-order valence-electron chi connectivity index (χ3n) is 9.28. The van der Waals surface area contributed by atoms with Gasteiger partial charge in [0.15, 0.2) is 0 Å². The normalized spacial score (nSPS) is 31.7. The predicted octanol–water partition coefficient (Wildman–Crippen LogP) is 4.02. The number of rotatable bonds is 7. The third kappa shape index (κ3) is 3.80. The molecule has 1 aliphatic heterocycles. The van der Waals surface area contributed by atoms with Crippen LogP contribution in [0.2, 0.25) is 0 Å². The highest BCUT2D eigenvalue weighted by molar-refractivity contribution is 6.03. The van der Waals surface area contributed by atoms with E-state index in [1.54, 1.807) is 0 Å². The van der Waals surface area contributed by atoms with Gasteiger partial charge in [-0.25, -0.2) is 4.39 Å². The van der Waals surface area contributed by atoms with Crippen molar-refractivity contribution in [3.05, 3.63) is 66.0 Å². The zero-order valence-corrected chi connectivity index (χ0v) is 20.4. The molecule has 0 radical (unpaired) electrons. The van der Waals surface area contributed by atoms with Gasteiger partial charge in [-0.15, -0.1) is 0 Å². The fraction of sp³-hybridized carbons (Fsp3) is 0.483. The number of carbonyl (C=O) groups is 3. The smallest absolute Gasteiger partial charge is 0.233 e. The maximum Gasteiger partial charge on any atom is 0.233 e. The lowest BCUT2D eigenvalue weighted by molar-refractivity contribution is -0.186. The molecule has 2 atom stereocenters. The summed E-state index contributed by atoms with van der Waals surface area (Å²) in [6.07, 6.45) is 5.75. The zero-order valence-electron chi connectivity index (χ0n) is 20.4. The van der Waals surface area contributed by atoms with E-state index in [0.29, 0.717) is 30.6 Å². The van der Waals surface area contributed by atoms with Crippen LogP contribution in [0, 0.1) is 22.6 Å². The molecule has 6 nitrogen and oxygen atoms in total. The molecule has 4 saturated carbocycles. The third-order valence-corrected chi connectivity index (χ3v) is 9.28. The zero-order chi connectivity index (χ0) is 25.0. The van der Waals surface area contributed by atoms with Crippen LogP contribution in [-0.2, 0) is 19.8 Å². The molecule has 1 heterocycles. The fourth-order valence-corrected chi connectivity index (χ4v) is 7.53. The van der Waals surface area contributed by atoms with Crippen LogP contribution in [0.1, 0.15) is 50.5 Å². The maximum absolute atomic E-state index is 13.6. The van der Waals surface area contributed by atoms with Crippen LogP contribution in [0.15, 0.2) is 54.6 Å². The first kappa shape index (κ1) is 23.2. The monoisotopic (exact) mass is 489 g/mol. The summed E-state index contributed by atoms with van der Waals surface area (Å²) in [6, 6.07) is 16.0. The minimum atomic E-state index is -0.432. The van der Waals surface area contributed by atoms with Crippen LogP contribution in [0.3, 0.4) is 0 Å². The molecule has 0 spiro atoms. The van der Waals surface area contributed by atoms with E-state index in [1.165, 1.54) is 29.8 Å². The number of amides is 3. The Balaban J connectivity index is 1.02. The summed E-state index contributed by atoms with van der Waals surface area (Å²) in [6.45, 7) is 1.96. The van der Waals surface area contributed by atoms with Crippen molar-refractivity contribution in [2.45, 2.75) is 50.4 Å². The summed E-state index contributed by atoms with van der Waals surface area (Å²) in [5.41, 5.74) is 1.74. The number of nitrogens with zero attached hydrogens (tertiary/aromatic N) is 1. The van der Waals surface area contributed by atoms with E-state index in [1.807, 2.05) is 6.07 Å². The van der Waals surface area contributed by atoms with Gasteiger partial charge in [-0.05, 0) is 73.3 Å². The Labute approximate surface area is 210 Å². The highest BCUT2D eigenvalue weighted by Gasteiger charge is 2.73. The molecule has 2 aromatic carbocycles. The number of likely N-dealkylation sites (tertiary alicyclic amines) is 1. The second kappa shape index (κ2) is 8.43. The lowest BCUT2D eigenvalue weighted by Crippen LogP contribution is -2.70. The molecule has 3 amide bonds. The van der Waals surface area contributed by atoms with E-state index >= 15 is 0 Å². The van der Waals surface area contributed by atoms with Gasteiger partial charge in [0.05, 0.1) is 5.41 Å². The molecule has 2 bridgehead atoms. The summed E-state index contributed by atoms with van der Waals surface area (Å²) in [7, 11) is 0. The first-order valence-corrected chi connectivity index (χ1v) is 13.0. The summed E-state index contributed by atoms with van der Waals surface area (Å²) in [5.74, 6) is -0.448. The Bertz CT molecular complexity index is 1180. The number of hydrogen-bond donors (Lipinski definition) is 2. The van der Waals surface area contributed by atoms with Crippen LogP contribution >= 0.6 is 0 Å². The summed E-state index contributed by atoms with van der Waals surface area (Å²) in [5, 5.41) is 5.60.